The van der Waals surface area contributed by atoms with E-state index in [4.69, 9.17) is 5.11 Å². The molecule has 2 rings (SSSR count). The first-order valence-corrected chi connectivity index (χ1v) is 7.67. The number of hydrogen-bond donors (Lipinski definition) is 3. The van der Waals surface area contributed by atoms with Crippen LogP contribution in [0.4, 0.5) is 0 Å². The molecule has 1 aromatic rings. The third-order valence-electron chi connectivity index (χ3n) is 3.29. The molecule has 2 atom stereocenters. The zero-order valence-corrected chi connectivity index (χ0v) is 11.1. The third kappa shape index (κ3) is 2.87. The van der Waals surface area contributed by atoms with Crippen LogP contribution in [-0.4, -0.2) is 37.4 Å². The van der Waals surface area contributed by atoms with Crippen LogP contribution in [0.1, 0.15) is 18.0 Å². The molecular formula is C12H15NO5S. The molecule has 0 aromatic heterocycles. The van der Waals surface area contributed by atoms with Gasteiger partial charge in [0, 0.05) is 24.4 Å². The first kappa shape index (κ1) is 13.8. The Morgan fingerprint density at radius 1 is 1.42 bits per heavy atom. The number of aliphatic carboxylic acids is 1. The van der Waals surface area contributed by atoms with Gasteiger partial charge in [-0.2, -0.15) is 0 Å². The van der Waals surface area contributed by atoms with E-state index in [1.807, 2.05) is 0 Å². The largest absolute Gasteiger partial charge is 0.508 e. The van der Waals surface area contributed by atoms with E-state index in [1.165, 1.54) is 18.2 Å². The number of aromatic hydroxyl groups is 1. The van der Waals surface area contributed by atoms with E-state index >= 15 is 0 Å². The summed E-state index contributed by atoms with van der Waals surface area (Å²) >= 11 is 0. The van der Waals surface area contributed by atoms with Gasteiger partial charge < -0.3 is 15.5 Å². The van der Waals surface area contributed by atoms with E-state index in [0.717, 1.165) is 6.26 Å². The van der Waals surface area contributed by atoms with Crippen molar-refractivity contribution in [3.63, 3.8) is 0 Å². The van der Waals surface area contributed by atoms with E-state index in [-0.39, 0.29) is 16.7 Å². The lowest BCUT2D eigenvalue weighted by Crippen LogP contribution is -2.17. The van der Waals surface area contributed by atoms with Crippen molar-refractivity contribution in [2.24, 2.45) is 5.92 Å². The Morgan fingerprint density at radius 3 is 2.58 bits per heavy atom. The second-order valence-corrected chi connectivity index (χ2v) is 6.74. The maximum Gasteiger partial charge on any atom is 0.307 e. The highest BCUT2D eigenvalue weighted by molar-refractivity contribution is 7.90. The summed E-state index contributed by atoms with van der Waals surface area (Å²) < 4.78 is 22.7. The zero-order chi connectivity index (χ0) is 14.2. The Kier molecular flexibility index (Phi) is 3.51. The van der Waals surface area contributed by atoms with Crippen molar-refractivity contribution in [1.82, 2.24) is 5.32 Å². The molecule has 0 amide bonds. The molecule has 0 radical (unpaired) electrons. The summed E-state index contributed by atoms with van der Waals surface area (Å²) in [6.45, 7) is 0.341. The average Bonchev–Trinajstić information content (AvgIpc) is 2.76. The number of benzene rings is 1. The molecular weight excluding hydrogens is 270 g/mol. The lowest BCUT2D eigenvalue weighted by Gasteiger charge is -2.13. The minimum absolute atomic E-state index is 0.0431. The fourth-order valence-corrected chi connectivity index (χ4v) is 2.85. The predicted octanol–water partition coefficient (Wildman–Crippen LogP) is 0.531. The third-order valence-corrected chi connectivity index (χ3v) is 4.40. The van der Waals surface area contributed by atoms with Crippen LogP contribution in [0.15, 0.2) is 23.1 Å². The molecule has 2 unspecified atom stereocenters. The summed E-state index contributed by atoms with van der Waals surface area (Å²) in [5.74, 6) is -1.49. The molecule has 104 valence electrons. The molecule has 1 fully saturated rings. The van der Waals surface area contributed by atoms with Crippen LogP contribution in [0.2, 0.25) is 0 Å². The molecule has 7 heteroatoms. The predicted molar refractivity (Wildman–Crippen MR) is 67.7 cm³/mol. The summed E-state index contributed by atoms with van der Waals surface area (Å²) in [6, 6.07) is 3.86. The molecule has 19 heavy (non-hydrogen) atoms. The Bertz CT molecular complexity index is 611. The van der Waals surface area contributed by atoms with Crippen LogP contribution in [0.5, 0.6) is 5.75 Å². The van der Waals surface area contributed by atoms with Gasteiger partial charge in [-0.25, -0.2) is 8.42 Å². The molecule has 1 aromatic carbocycles. The molecule has 1 aliphatic heterocycles. The maximum atomic E-state index is 11.4. The number of carboxylic acids is 1. The van der Waals surface area contributed by atoms with Crippen LogP contribution >= 0.6 is 0 Å². The van der Waals surface area contributed by atoms with Crippen LogP contribution in [-0.2, 0) is 14.6 Å². The van der Waals surface area contributed by atoms with Crippen LogP contribution in [0.3, 0.4) is 0 Å². The van der Waals surface area contributed by atoms with Crippen molar-refractivity contribution in [3.05, 3.63) is 23.8 Å². The topological polar surface area (TPSA) is 104 Å². The molecule has 0 bridgehead atoms. The molecule has 0 saturated carbocycles. The summed E-state index contributed by atoms with van der Waals surface area (Å²) in [5.41, 5.74) is 0.524. The summed E-state index contributed by atoms with van der Waals surface area (Å²) in [4.78, 5) is 10.9. The fourth-order valence-electron chi connectivity index (χ4n) is 2.21. The molecule has 3 N–H and O–H groups in total. The Labute approximate surface area is 111 Å². The normalized spacial score (nSPS) is 23.4. The lowest BCUT2D eigenvalue weighted by molar-refractivity contribution is -0.141. The smallest absolute Gasteiger partial charge is 0.307 e. The van der Waals surface area contributed by atoms with Gasteiger partial charge >= 0.3 is 5.97 Å². The zero-order valence-electron chi connectivity index (χ0n) is 10.3. The van der Waals surface area contributed by atoms with Gasteiger partial charge in [0.05, 0.1) is 10.8 Å². The van der Waals surface area contributed by atoms with E-state index in [0.29, 0.717) is 18.5 Å². The SMILES string of the molecule is CS(=O)(=O)c1ccc(C2CC(C(=O)O)CN2)c(O)c1. The Balaban J connectivity index is 2.26. The molecule has 1 aliphatic rings. The molecule has 0 spiro atoms. The van der Waals surface area contributed by atoms with Crippen LogP contribution in [0.25, 0.3) is 0 Å². The maximum absolute atomic E-state index is 11.4. The van der Waals surface area contributed by atoms with Crippen molar-refractivity contribution in [3.8, 4) is 5.75 Å². The Morgan fingerprint density at radius 2 is 2.11 bits per heavy atom. The number of sulfone groups is 1. The number of phenols is 1. The molecule has 6 nitrogen and oxygen atoms in total. The minimum atomic E-state index is -3.36. The summed E-state index contributed by atoms with van der Waals surface area (Å²) in [7, 11) is -3.36. The number of nitrogens with one attached hydrogen (secondary N) is 1. The number of carbonyl (C=O) groups is 1. The average molecular weight is 285 g/mol. The highest BCUT2D eigenvalue weighted by Crippen LogP contribution is 2.33. The minimum Gasteiger partial charge on any atom is -0.508 e. The van der Waals surface area contributed by atoms with Crippen molar-refractivity contribution >= 4 is 15.8 Å². The molecule has 0 aliphatic carbocycles. The summed E-state index contributed by atoms with van der Waals surface area (Å²) in [5, 5.41) is 21.8. The van der Waals surface area contributed by atoms with Crippen LogP contribution in [0, 0.1) is 5.92 Å². The van der Waals surface area contributed by atoms with Crippen molar-refractivity contribution in [2.75, 3.05) is 12.8 Å². The van der Waals surface area contributed by atoms with E-state index in [2.05, 4.69) is 5.32 Å². The van der Waals surface area contributed by atoms with E-state index in [1.54, 1.807) is 0 Å². The number of rotatable bonds is 3. The van der Waals surface area contributed by atoms with Gasteiger partial charge in [-0.05, 0) is 18.6 Å². The fraction of sp³-hybridized carbons (Fsp3) is 0.417. The quantitative estimate of drug-likeness (QED) is 0.748. The summed E-state index contributed by atoms with van der Waals surface area (Å²) in [6.07, 6.45) is 1.44. The van der Waals surface area contributed by atoms with Gasteiger partial charge in [0.2, 0.25) is 0 Å². The monoisotopic (exact) mass is 285 g/mol. The van der Waals surface area contributed by atoms with Crippen molar-refractivity contribution in [1.29, 1.82) is 0 Å². The van der Waals surface area contributed by atoms with Gasteiger partial charge in [0.25, 0.3) is 0 Å². The number of hydrogen-bond acceptors (Lipinski definition) is 5. The highest BCUT2D eigenvalue weighted by atomic mass is 32.2. The van der Waals surface area contributed by atoms with Gasteiger partial charge in [0.15, 0.2) is 9.84 Å². The molecule has 1 heterocycles. The van der Waals surface area contributed by atoms with Crippen LogP contribution < -0.4 is 5.32 Å². The van der Waals surface area contributed by atoms with Crippen molar-refractivity contribution < 1.29 is 23.4 Å². The van der Waals surface area contributed by atoms with E-state index < -0.39 is 21.7 Å². The van der Waals surface area contributed by atoms with Crippen molar-refractivity contribution in [2.45, 2.75) is 17.4 Å². The van der Waals surface area contributed by atoms with Gasteiger partial charge in [-0.1, -0.05) is 6.07 Å². The van der Waals surface area contributed by atoms with E-state index in [9.17, 15) is 18.3 Å². The standard InChI is InChI=1S/C12H15NO5S/c1-19(17,18)8-2-3-9(11(14)5-8)10-4-7(6-13-10)12(15)16/h2-3,5,7,10,13-14H,4,6H2,1H3,(H,15,16). The molecule has 1 saturated heterocycles. The second kappa shape index (κ2) is 4.82. The van der Waals surface area contributed by atoms with Gasteiger partial charge in [0.1, 0.15) is 5.75 Å². The number of carboxylic acid groups (broad SMARTS) is 1. The first-order valence-electron chi connectivity index (χ1n) is 5.78. The Hall–Kier alpha value is -1.60. The number of phenolic OH excluding ortho intramolecular Hbond substituents is 1. The lowest BCUT2D eigenvalue weighted by atomic mass is 9.99. The highest BCUT2D eigenvalue weighted by Gasteiger charge is 2.31. The van der Waals surface area contributed by atoms with Gasteiger partial charge in [-0.15, -0.1) is 0 Å². The first-order chi connectivity index (χ1) is 8.79. The second-order valence-electron chi connectivity index (χ2n) is 4.72. The van der Waals surface area contributed by atoms with Gasteiger partial charge in [-0.3, -0.25) is 4.79 Å².